The summed E-state index contributed by atoms with van der Waals surface area (Å²) in [6.07, 6.45) is 5.36. The van der Waals surface area contributed by atoms with Crippen molar-refractivity contribution in [2.75, 3.05) is 26.2 Å². The van der Waals surface area contributed by atoms with Crippen molar-refractivity contribution >= 4 is 11.9 Å². The highest BCUT2D eigenvalue weighted by Crippen LogP contribution is 2.34. The summed E-state index contributed by atoms with van der Waals surface area (Å²) in [5.74, 6) is 0.0315. The monoisotopic (exact) mass is 267 g/mol. The summed E-state index contributed by atoms with van der Waals surface area (Å²) in [6.45, 7) is 2.74. The molecule has 1 spiro atoms. The lowest BCUT2D eigenvalue weighted by molar-refractivity contribution is -0.144. The van der Waals surface area contributed by atoms with Gasteiger partial charge < -0.3 is 20.3 Å². The van der Waals surface area contributed by atoms with Gasteiger partial charge in [-0.2, -0.15) is 0 Å². The molecule has 0 aromatic heterocycles. The molecule has 1 unspecified atom stereocenters. The molecule has 19 heavy (non-hydrogen) atoms. The molecule has 0 radical (unpaired) electrons. The molecule has 0 saturated carbocycles. The van der Waals surface area contributed by atoms with Gasteiger partial charge in [0.25, 0.3) is 0 Å². The first-order valence-corrected chi connectivity index (χ1v) is 7.16. The molecule has 0 aromatic rings. The van der Waals surface area contributed by atoms with Crippen molar-refractivity contribution < 1.29 is 14.3 Å². The SMILES string of the molecule is O=C1NCC(C(=O)N2CCC3(CCCCO3)CC2)N1. The molecule has 3 heterocycles. The minimum Gasteiger partial charge on any atom is -0.375 e. The van der Waals surface area contributed by atoms with Gasteiger partial charge in [-0.25, -0.2) is 4.79 Å². The van der Waals surface area contributed by atoms with E-state index in [1.165, 1.54) is 6.42 Å². The molecular weight excluding hydrogens is 246 g/mol. The number of rotatable bonds is 1. The Bertz CT molecular complexity index is 369. The second kappa shape index (κ2) is 5.00. The lowest BCUT2D eigenvalue weighted by Gasteiger charge is -2.44. The van der Waals surface area contributed by atoms with Gasteiger partial charge in [0.05, 0.1) is 5.60 Å². The largest absolute Gasteiger partial charge is 0.375 e. The first-order chi connectivity index (χ1) is 9.19. The minimum absolute atomic E-state index is 0.0200. The van der Waals surface area contributed by atoms with Crippen molar-refractivity contribution in [3.8, 4) is 0 Å². The van der Waals surface area contributed by atoms with E-state index in [0.29, 0.717) is 6.54 Å². The summed E-state index contributed by atoms with van der Waals surface area (Å²) >= 11 is 0. The molecule has 3 aliphatic heterocycles. The topological polar surface area (TPSA) is 70.7 Å². The second-order valence-electron chi connectivity index (χ2n) is 5.72. The summed E-state index contributed by atoms with van der Waals surface area (Å²) in [4.78, 5) is 25.2. The molecule has 106 valence electrons. The number of likely N-dealkylation sites (tertiary alicyclic amines) is 1. The van der Waals surface area contributed by atoms with Crippen LogP contribution in [-0.4, -0.2) is 54.7 Å². The average molecular weight is 267 g/mol. The maximum absolute atomic E-state index is 12.2. The van der Waals surface area contributed by atoms with Gasteiger partial charge in [0.2, 0.25) is 5.91 Å². The maximum Gasteiger partial charge on any atom is 0.315 e. The highest BCUT2D eigenvalue weighted by atomic mass is 16.5. The molecule has 0 aliphatic carbocycles. The van der Waals surface area contributed by atoms with Crippen LogP contribution in [0.4, 0.5) is 4.79 Å². The highest BCUT2D eigenvalue weighted by Gasteiger charge is 2.40. The molecule has 0 bridgehead atoms. The summed E-state index contributed by atoms with van der Waals surface area (Å²) in [6, 6.07) is -0.642. The molecule has 6 nitrogen and oxygen atoms in total. The zero-order valence-electron chi connectivity index (χ0n) is 11.1. The average Bonchev–Trinajstić information content (AvgIpc) is 2.87. The zero-order valence-corrected chi connectivity index (χ0v) is 11.1. The van der Waals surface area contributed by atoms with Crippen molar-refractivity contribution in [2.45, 2.75) is 43.7 Å². The van der Waals surface area contributed by atoms with E-state index in [2.05, 4.69) is 10.6 Å². The van der Waals surface area contributed by atoms with Crippen LogP contribution in [-0.2, 0) is 9.53 Å². The van der Waals surface area contributed by atoms with Crippen LogP contribution >= 0.6 is 0 Å². The smallest absolute Gasteiger partial charge is 0.315 e. The summed E-state index contributed by atoms with van der Waals surface area (Å²) in [5.41, 5.74) is 0.0200. The van der Waals surface area contributed by atoms with Crippen LogP contribution in [0.2, 0.25) is 0 Å². The van der Waals surface area contributed by atoms with Crippen molar-refractivity contribution in [1.29, 1.82) is 0 Å². The number of hydrogen-bond donors (Lipinski definition) is 2. The molecule has 6 heteroatoms. The maximum atomic E-state index is 12.2. The molecule has 3 amide bonds. The highest BCUT2D eigenvalue weighted by molar-refractivity contribution is 5.90. The Hall–Kier alpha value is -1.30. The van der Waals surface area contributed by atoms with E-state index < -0.39 is 6.04 Å². The fourth-order valence-electron chi connectivity index (χ4n) is 3.26. The third kappa shape index (κ3) is 2.54. The first kappa shape index (κ1) is 12.7. The van der Waals surface area contributed by atoms with Crippen molar-refractivity contribution in [2.24, 2.45) is 0 Å². The van der Waals surface area contributed by atoms with Crippen LogP contribution in [0.15, 0.2) is 0 Å². The molecule has 2 N–H and O–H groups in total. The van der Waals surface area contributed by atoms with Crippen LogP contribution in [0.1, 0.15) is 32.1 Å². The summed E-state index contributed by atoms with van der Waals surface area (Å²) in [7, 11) is 0. The van der Waals surface area contributed by atoms with Gasteiger partial charge >= 0.3 is 6.03 Å². The van der Waals surface area contributed by atoms with E-state index in [4.69, 9.17) is 4.74 Å². The fraction of sp³-hybridized carbons (Fsp3) is 0.846. The fourth-order valence-corrected chi connectivity index (χ4v) is 3.26. The normalized spacial score (nSPS) is 30.0. The number of carbonyl (C=O) groups excluding carboxylic acids is 2. The molecular formula is C13H21N3O3. The van der Waals surface area contributed by atoms with Gasteiger partial charge in [0, 0.05) is 26.2 Å². The van der Waals surface area contributed by atoms with E-state index in [-0.39, 0.29) is 17.5 Å². The summed E-state index contributed by atoms with van der Waals surface area (Å²) < 4.78 is 5.96. The number of nitrogens with one attached hydrogen (secondary N) is 2. The van der Waals surface area contributed by atoms with E-state index in [1.807, 2.05) is 4.90 Å². The van der Waals surface area contributed by atoms with Gasteiger partial charge in [0.15, 0.2) is 0 Å². The molecule has 3 rings (SSSR count). The van der Waals surface area contributed by atoms with E-state index in [1.54, 1.807) is 0 Å². The second-order valence-corrected chi connectivity index (χ2v) is 5.72. The molecule has 3 fully saturated rings. The standard InChI is InChI=1S/C13H21N3O3/c17-11(10-9-14-12(18)15-10)16-6-4-13(5-7-16)3-1-2-8-19-13/h10H,1-9H2,(H2,14,15,18). The minimum atomic E-state index is -0.395. The van der Waals surface area contributed by atoms with Crippen LogP contribution in [0, 0.1) is 0 Å². The van der Waals surface area contributed by atoms with Crippen LogP contribution in [0.5, 0.6) is 0 Å². The van der Waals surface area contributed by atoms with Gasteiger partial charge in [0.1, 0.15) is 6.04 Å². The number of piperidine rings is 1. The van der Waals surface area contributed by atoms with Crippen LogP contribution < -0.4 is 10.6 Å². The number of urea groups is 1. The number of nitrogens with zero attached hydrogens (tertiary/aromatic N) is 1. The van der Waals surface area contributed by atoms with Crippen LogP contribution in [0.25, 0.3) is 0 Å². The van der Waals surface area contributed by atoms with Crippen molar-refractivity contribution in [3.05, 3.63) is 0 Å². The predicted octanol–water partition coefficient (Wildman–Crippen LogP) is 0.229. The lowest BCUT2D eigenvalue weighted by Crippen LogP contribution is -2.53. The van der Waals surface area contributed by atoms with Crippen molar-refractivity contribution in [3.63, 3.8) is 0 Å². The first-order valence-electron chi connectivity index (χ1n) is 7.16. The number of amides is 3. The third-order valence-electron chi connectivity index (χ3n) is 4.49. The lowest BCUT2D eigenvalue weighted by atomic mass is 9.84. The molecule has 3 aliphatic rings. The Kier molecular flexibility index (Phi) is 3.35. The van der Waals surface area contributed by atoms with Crippen LogP contribution in [0.3, 0.4) is 0 Å². The van der Waals surface area contributed by atoms with E-state index in [9.17, 15) is 9.59 Å². The Balaban J connectivity index is 1.54. The Morgan fingerprint density at radius 3 is 2.63 bits per heavy atom. The quantitative estimate of drug-likeness (QED) is 0.714. The van der Waals surface area contributed by atoms with Crippen molar-refractivity contribution in [1.82, 2.24) is 15.5 Å². The van der Waals surface area contributed by atoms with E-state index in [0.717, 1.165) is 45.4 Å². The Labute approximate surface area is 112 Å². The molecule has 1 atom stereocenters. The number of ether oxygens (including phenoxy) is 1. The van der Waals surface area contributed by atoms with Gasteiger partial charge in [-0.1, -0.05) is 0 Å². The van der Waals surface area contributed by atoms with Gasteiger partial charge in [-0.3, -0.25) is 4.79 Å². The van der Waals surface area contributed by atoms with Gasteiger partial charge in [-0.05, 0) is 32.1 Å². The molecule has 3 saturated heterocycles. The molecule has 0 aromatic carbocycles. The van der Waals surface area contributed by atoms with Gasteiger partial charge in [-0.15, -0.1) is 0 Å². The summed E-state index contributed by atoms with van der Waals surface area (Å²) in [5, 5.41) is 5.27. The Morgan fingerprint density at radius 1 is 1.26 bits per heavy atom. The van der Waals surface area contributed by atoms with E-state index >= 15 is 0 Å². The Morgan fingerprint density at radius 2 is 2.05 bits per heavy atom. The number of hydrogen-bond acceptors (Lipinski definition) is 3. The third-order valence-corrected chi connectivity index (χ3v) is 4.49. The number of carbonyl (C=O) groups is 2. The zero-order chi connectivity index (χ0) is 13.3. The predicted molar refractivity (Wildman–Crippen MR) is 68.7 cm³/mol.